The molecule has 1 N–H and O–H groups in total. The molecule has 4 aromatic rings. The lowest BCUT2D eigenvalue weighted by Gasteiger charge is -2.04. The highest BCUT2D eigenvalue weighted by Gasteiger charge is 2.17. The molecule has 146 valence electrons. The summed E-state index contributed by atoms with van der Waals surface area (Å²) in [5, 5.41) is 6.35. The maximum atomic E-state index is 13.4. The summed E-state index contributed by atoms with van der Waals surface area (Å²) in [5.74, 6) is 0.101. The summed E-state index contributed by atoms with van der Waals surface area (Å²) >= 11 is 2.70. The van der Waals surface area contributed by atoms with E-state index in [0.29, 0.717) is 27.0 Å². The first-order valence-electron chi connectivity index (χ1n) is 8.64. The Morgan fingerprint density at radius 3 is 2.86 bits per heavy atom. The number of benzene rings is 1. The number of thiazole rings is 1. The molecular formula is C18H17FN4O2S3. The second kappa shape index (κ2) is 7.70. The van der Waals surface area contributed by atoms with Gasteiger partial charge in [0.05, 0.1) is 5.69 Å². The van der Waals surface area contributed by atoms with Gasteiger partial charge in [-0.25, -0.2) is 22.0 Å². The fourth-order valence-corrected chi connectivity index (χ4v) is 5.95. The largest absolute Gasteiger partial charge is 0.250 e. The van der Waals surface area contributed by atoms with E-state index in [0.717, 1.165) is 17.0 Å². The SMILES string of the molecule is CCc1ccc(S(=O)(=O)NCCc2csc3nc(-c4cccc(F)c4)nn23)s1. The number of fused-ring (bicyclic) bond motifs is 1. The van der Waals surface area contributed by atoms with Crippen molar-refractivity contribution >= 4 is 37.7 Å². The standard InChI is InChI=1S/C18H17FN4O2S3/c1-2-15-6-7-16(27-15)28(24,25)20-9-8-14-11-26-18-21-17(22-23(14)18)12-4-3-5-13(19)10-12/h3-7,10-11,20H,2,8-9H2,1H3. The quantitative estimate of drug-likeness (QED) is 0.479. The van der Waals surface area contributed by atoms with E-state index in [1.807, 2.05) is 18.4 Å². The Labute approximate surface area is 169 Å². The Bertz CT molecular complexity index is 1230. The number of nitrogens with zero attached hydrogens (tertiary/aromatic N) is 3. The van der Waals surface area contributed by atoms with Crippen LogP contribution < -0.4 is 4.72 Å². The van der Waals surface area contributed by atoms with Crippen LogP contribution in [0.2, 0.25) is 0 Å². The van der Waals surface area contributed by atoms with Crippen molar-refractivity contribution in [2.24, 2.45) is 0 Å². The normalized spacial score (nSPS) is 12.1. The van der Waals surface area contributed by atoms with Crippen LogP contribution in [0.15, 0.2) is 46.0 Å². The molecule has 0 spiro atoms. The summed E-state index contributed by atoms with van der Waals surface area (Å²) in [6.45, 7) is 2.25. The van der Waals surface area contributed by atoms with Crippen molar-refractivity contribution in [3.63, 3.8) is 0 Å². The van der Waals surface area contributed by atoms with Gasteiger partial charge < -0.3 is 0 Å². The first kappa shape index (κ1) is 19.2. The Kier molecular flexibility index (Phi) is 5.28. The summed E-state index contributed by atoms with van der Waals surface area (Å²) in [4.78, 5) is 6.15. The third kappa shape index (κ3) is 3.86. The molecule has 28 heavy (non-hydrogen) atoms. The van der Waals surface area contributed by atoms with E-state index in [1.54, 1.807) is 22.7 Å². The lowest BCUT2D eigenvalue weighted by molar-refractivity contribution is 0.583. The number of aryl methyl sites for hydroxylation is 1. The van der Waals surface area contributed by atoms with Gasteiger partial charge in [0.25, 0.3) is 0 Å². The van der Waals surface area contributed by atoms with Crippen LogP contribution in [0.1, 0.15) is 17.5 Å². The number of aromatic nitrogens is 3. The minimum Gasteiger partial charge on any atom is -0.210 e. The number of rotatable bonds is 7. The highest BCUT2D eigenvalue weighted by molar-refractivity contribution is 7.91. The van der Waals surface area contributed by atoms with Gasteiger partial charge in [-0.15, -0.1) is 27.8 Å². The number of hydrogen-bond donors (Lipinski definition) is 1. The van der Waals surface area contributed by atoms with E-state index in [1.165, 1.54) is 34.8 Å². The van der Waals surface area contributed by atoms with Crippen molar-refractivity contribution in [2.45, 2.75) is 24.0 Å². The monoisotopic (exact) mass is 436 g/mol. The van der Waals surface area contributed by atoms with Crippen molar-refractivity contribution in [1.82, 2.24) is 19.3 Å². The Morgan fingerprint density at radius 1 is 1.25 bits per heavy atom. The van der Waals surface area contributed by atoms with E-state index >= 15 is 0 Å². The lowest BCUT2D eigenvalue weighted by Crippen LogP contribution is -2.25. The van der Waals surface area contributed by atoms with Gasteiger partial charge in [0.2, 0.25) is 15.0 Å². The van der Waals surface area contributed by atoms with Gasteiger partial charge in [-0.05, 0) is 30.7 Å². The van der Waals surface area contributed by atoms with Crippen molar-refractivity contribution in [1.29, 1.82) is 0 Å². The lowest BCUT2D eigenvalue weighted by atomic mass is 10.2. The second-order valence-corrected chi connectivity index (χ2v) is 10.1. The first-order valence-corrected chi connectivity index (χ1v) is 11.8. The molecule has 0 saturated heterocycles. The summed E-state index contributed by atoms with van der Waals surface area (Å²) < 4.78 is 42.9. The number of nitrogens with one attached hydrogen (secondary N) is 1. The topological polar surface area (TPSA) is 76.4 Å². The molecule has 0 aliphatic heterocycles. The maximum Gasteiger partial charge on any atom is 0.250 e. The predicted molar refractivity (Wildman–Crippen MR) is 109 cm³/mol. The molecule has 0 aliphatic carbocycles. The molecule has 0 unspecified atom stereocenters. The van der Waals surface area contributed by atoms with E-state index in [-0.39, 0.29) is 12.4 Å². The van der Waals surface area contributed by atoms with Crippen molar-refractivity contribution < 1.29 is 12.8 Å². The van der Waals surface area contributed by atoms with Crippen LogP contribution in [0.5, 0.6) is 0 Å². The summed E-state index contributed by atoms with van der Waals surface area (Å²) in [5.41, 5.74) is 1.45. The molecular weight excluding hydrogens is 419 g/mol. The molecule has 6 nitrogen and oxygen atoms in total. The van der Waals surface area contributed by atoms with Crippen molar-refractivity contribution in [2.75, 3.05) is 6.54 Å². The first-order chi connectivity index (χ1) is 13.5. The number of thiophene rings is 1. The van der Waals surface area contributed by atoms with Gasteiger partial charge in [0.15, 0.2) is 5.82 Å². The van der Waals surface area contributed by atoms with Gasteiger partial charge in [0.1, 0.15) is 10.0 Å². The zero-order chi connectivity index (χ0) is 19.7. The smallest absolute Gasteiger partial charge is 0.210 e. The van der Waals surface area contributed by atoms with E-state index in [2.05, 4.69) is 14.8 Å². The molecule has 0 aliphatic rings. The summed E-state index contributed by atoms with van der Waals surface area (Å²) in [7, 11) is -3.51. The number of halogens is 1. The van der Waals surface area contributed by atoms with E-state index in [4.69, 9.17) is 0 Å². The average Bonchev–Trinajstić information content (AvgIpc) is 3.38. The van der Waals surface area contributed by atoms with Crippen molar-refractivity contribution in [3.8, 4) is 11.4 Å². The van der Waals surface area contributed by atoms with Crippen LogP contribution in [0.3, 0.4) is 0 Å². The van der Waals surface area contributed by atoms with Gasteiger partial charge in [-0.1, -0.05) is 19.1 Å². The fourth-order valence-electron chi connectivity index (χ4n) is 2.72. The van der Waals surface area contributed by atoms with Crippen LogP contribution in [0.25, 0.3) is 16.3 Å². The third-order valence-corrected chi connectivity index (χ3v) is 8.20. The summed E-state index contributed by atoms with van der Waals surface area (Å²) in [6, 6.07) is 9.60. The second-order valence-electron chi connectivity index (χ2n) is 6.09. The van der Waals surface area contributed by atoms with Gasteiger partial charge in [-0.3, -0.25) is 0 Å². The maximum absolute atomic E-state index is 13.4. The fraction of sp³-hybridized carbons (Fsp3) is 0.222. The predicted octanol–water partition coefficient (Wildman–Crippen LogP) is 3.74. The average molecular weight is 437 g/mol. The van der Waals surface area contributed by atoms with Crippen LogP contribution >= 0.6 is 22.7 Å². The van der Waals surface area contributed by atoms with Crippen LogP contribution in [0, 0.1) is 5.82 Å². The molecule has 0 fully saturated rings. The van der Waals surface area contributed by atoms with Gasteiger partial charge >= 0.3 is 0 Å². The van der Waals surface area contributed by atoms with E-state index < -0.39 is 10.0 Å². The molecule has 0 bridgehead atoms. The molecule has 1 aromatic carbocycles. The molecule has 3 aromatic heterocycles. The molecule has 4 rings (SSSR count). The zero-order valence-electron chi connectivity index (χ0n) is 14.9. The molecule has 0 amide bonds. The Hall–Kier alpha value is -2.14. The minimum atomic E-state index is -3.51. The van der Waals surface area contributed by atoms with Crippen LogP contribution in [-0.4, -0.2) is 29.6 Å². The Morgan fingerprint density at radius 2 is 2.11 bits per heavy atom. The number of sulfonamides is 1. The highest BCUT2D eigenvalue weighted by Crippen LogP contribution is 2.23. The van der Waals surface area contributed by atoms with Crippen LogP contribution in [0.4, 0.5) is 4.39 Å². The highest BCUT2D eigenvalue weighted by atomic mass is 32.2. The van der Waals surface area contributed by atoms with E-state index in [9.17, 15) is 12.8 Å². The zero-order valence-corrected chi connectivity index (χ0v) is 17.4. The van der Waals surface area contributed by atoms with Gasteiger partial charge in [-0.2, -0.15) is 4.98 Å². The van der Waals surface area contributed by atoms with Crippen LogP contribution in [-0.2, 0) is 22.9 Å². The van der Waals surface area contributed by atoms with Gasteiger partial charge in [0, 0.05) is 28.8 Å². The third-order valence-electron chi connectivity index (χ3n) is 4.16. The molecule has 3 heterocycles. The molecule has 0 radical (unpaired) electrons. The summed E-state index contributed by atoms with van der Waals surface area (Å²) in [6.07, 6.45) is 1.28. The van der Waals surface area contributed by atoms with Crippen molar-refractivity contribution in [3.05, 3.63) is 58.2 Å². The molecule has 10 heteroatoms. The number of hydrogen-bond acceptors (Lipinski definition) is 6. The molecule has 0 atom stereocenters. The molecule has 0 saturated carbocycles. The minimum absolute atomic E-state index is 0.253. The Balaban J connectivity index is 1.48.